The molecule has 1 atom stereocenters. The molecular formula is C29H36FN5O4. The van der Waals surface area contributed by atoms with Crippen molar-refractivity contribution < 1.29 is 23.4 Å². The van der Waals surface area contributed by atoms with Crippen LogP contribution in [0, 0.1) is 5.82 Å². The highest BCUT2D eigenvalue weighted by atomic mass is 19.1. The maximum atomic E-state index is 14.6. The number of halogens is 1. The van der Waals surface area contributed by atoms with E-state index in [1.165, 1.54) is 13.2 Å². The number of hydrogen-bond donors (Lipinski definition) is 3. The number of para-hydroxylation sites is 1. The third-order valence-electron chi connectivity index (χ3n) is 7.31. The summed E-state index contributed by atoms with van der Waals surface area (Å²) in [4.78, 5) is 23.4. The van der Waals surface area contributed by atoms with Gasteiger partial charge in [0.1, 0.15) is 12.4 Å². The molecule has 0 fully saturated rings. The first-order valence-corrected chi connectivity index (χ1v) is 13.5. The number of fused-ring (bicyclic) bond motifs is 3. The summed E-state index contributed by atoms with van der Waals surface area (Å²) < 4.78 is 32.1. The summed E-state index contributed by atoms with van der Waals surface area (Å²) in [6.07, 6.45) is 7.18. The van der Waals surface area contributed by atoms with E-state index < -0.39 is 5.82 Å². The Labute approximate surface area is 228 Å². The Morgan fingerprint density at radius 3 is 2.90 bits per heavy atom. The predicted molar refractivity (Wildman–Crippen MR) is 148 cm³/mol. The number of carbonyl (C=O) groups excluding carboxylic acids is 1. The summed E-state index contributed by atoms with van der Waals surface area (Å²) in [7, 11) is 3.50. The van der Waals surface area contributed by atoms with Crippen LogP contribution in [-0.4, -0.2) is 74.4 Å². The minimum absolute atomic E-state index is 0.0723. The lowest BCUT2D eigenvalue weighted by molar-refractivity contribution is 0.0936. The molecule has 2 aliphatic rings. The number of ether oxygens (including phenoxy) is 3. The van der Waals surface area contributed by atoms with Gasteiger partial charge in [-0.15, -0.1) is 0 Å². The number of carbonyl (C=O) groups is 1. The molecule has 0 aliphatic carbocycles. The second-order valence-corrected chi connectivity index (χ2v) is 10.0. The van der Waals surface area contributed by atoms with Crippen molar-refractivity contribution in [2.75, 3.05) is 58.9 Å². The van der Waals surface area contributed by atoms with E-state index in [0.29, 0.717) is 48.1 Å². The third-order valence-corrected chi connectivity index (χ3v) is 7.31. The lowest BCUT2D eigenvalue weighted by Crippen LogP contribution is -2.35. The van der Waals surface area contributed by atoms with E-state index in [-0.39, 0.29) is 17.6 Å². The number of amides is 1. The topological polar surface area (TPSA) is 101 Å². The Morgan fingerprint density at radius 1 is 1.15 bits per heavy atom. The number of rotatable bonds is 3. The van der Waals surface area contributed by atoms with Gasteiger partial charge in [0.25, 0.3) is 5.91 Å². The van der Waals surface area contributed by atoms with E-state index in [1.54, 1.807) is 24.5 Å². The Balaban J connectivity index is 1.60. The van der Waals surface area contributed by atoms with Crippen LogP contribution in [0.5, 0.6) is 11.5 Å². The molecule has 4 heterocycles. The fourth-order valence-corrected chi connectivity index (χ4v) is 5.23. The number of pyridine rings is 1. The number of aromatic amines is 1. The van der Waals surface area contributed by atoms with Gasteiger partial charge in [0.15, 0.2) is 11.6 Å². The molecule has 10 heteroatoms. The number of nitrogens with one attached hydrogen (secondary N) is 3. The second-order valence-electron chi connectivity index (χ2n) is 10.0. The van der Waals surface area contributed by atoms with Crippen molar-refractivity contribution in [3.05, 3.63) is 53.7 Å². The van der Waals surface area contributed by atoms with E-state index in [1.807, 2.05) is 6.07 Å². The van der Waals surface area contributed by atoms with Gasteiger partial charge in [0.2, 0.25) is 0 Å². The maximum Gasteiger partial charge on any atom is 0.255 e. The minimum Gasteiger partial charge on any atom is -0.492 e. The van der Waals surface area contributed by atoms with Gasteiger partial charge < -0.3 is 34.7 Å². The van der Waals surface area contributed by atoms with E-state index in [9.17, 15) is 9.18 Å². The quantitative estimate of drug-likeness (QED) is 0.445. The van der Waals surface area contributed by atoms with Gasteiger partial charge in [-0.3, -0.25) is 9.78 Å². The monoisotopic (exact) mass is 537 g/mol. The number of benzene rings is 1. The van der Waals surface area contributed by atoms with Gasteiger partial charge in [-0.2, -0.15) is 0 Å². The summed E-state index contributed by atoms with van der Waals surface area (Å²) in [6.45, 7) is 4.15. The van der Waals surface area contributed by atoms with E-state index >= 15 is 0 Å². The highest BCUT2D eigenvalue weighted by molar-refractivity contribution is 6.07. The van der Waals surface area contributed by atoms with Crippen LogP contribution in [0.25, 0.3) is 11.3 Å². The van der Waals surface area contributed by atoms with Gasteiger partial charge in [0.05, 0.1) is 35.9 Å². The largest absolute Gasteiger partial charge is 0.492 e. The Kier molecular flexibility index (Phi) is 8.63. The van der Waals surface area contributed by atoms with Gasteiger partial charge >= 0.3 is 0 Å². The van der Waals surface area contributed by atoms with Crippen LogP contribution in [0.3, 0.4) is 0 Å². The fourth-order valence-electron chi connectivity index (χ4n) is 5.23. The van der Waals surface area contributed by atoms with Crippen LogP contribution in [0.2, 0.25) is 0 Å². The zero-order valence-electron chi connectivity index (χ0n) is 22.5. The molecule has 1 aromatic carbocycles. The number of hydrogen-bond acceptors (Lipinski definition) is 7. The Hall–Kier alpha value is -3.63. The summed E-state index contributed by atoms with van der Waals surface area (Å²) in [5.74, 6) is 0.0594. The molecule has 0 radical (unpaired) electrons. The van der Waals surface area contributed by atoms with Crippen molar-refractivity contribution in [2.24, 2.45) is 0 Å². The van der Waals surface area contributed by atoms with Crippen LogP contribution in [0.4, 0.5) is 15.8 Å². The zero-order valence-corrected chi connectivity index (χ0v) is 22.5. The minimum atomic E-state index is -0.495. The van der Waals surface area contributed by atoms with Crippen molar-refractivity contribution in [1.29, 1.82) is 0 Å². The standard InChI is InChI=1S/C29H36FN5O4/c1-35-12-3-4-14-38-15-6-7-19-17-32-29(36)24-25(19)34-26(20-10-11-31-18-23(20)39-16-13-35)27(24)33-22-9-5-8-21(30)28(22)37-2/h5,8-11,18-19,33-34H,3-4,6-7,12-17H2,1-2H3,(H,32,36). The van der Waals surface area contributed by atoms with Crippen LogP contribution < -0.4 is 20.1 Å². The van der Waals surface area contributed by atoms with Gasteiger partial charge in [-0.05, 0) is 57.5 Å². The molecule has 1 amide bonds. The van der Waals surface area contributed by atoms with E-state index in [2.05, 4.69) is 32.5 Å². The lowest BCUT2D eigenvalue weighted by atomic mass is 9.92. The molecule has 5 rings (SSSR count). The molecule has 0 saturated carbocycles. The summed E-state index contributed by atoms with van der Waals surface area (Å²) in [5, 5.41) is 6.37. The van der Waals surface area contributed by atoms with Gasteiger partial charge in [-0.25, -0.2) is 4.39 Å². The van der Waals surface area contributed by atoms with Crippen molar-refractivity contribution >= 4 is 17.3 Å². The number of anilines is 2. The number of aromatic nitrogens is 2. The highest BCUT2D eigenvalue weighted by Gasteiger charge is 2.33. The normalized spacial score (nSPS) is 19.2. The number of H-pyrrole nitrogens is 1. The molecule has 1 unspecified atom stereocenters. The van der Waals surface area contributed by atoms with Crippen molar-refractivity contribution in [3.63, 3.8) is 0 Å². The average Bonchev–Trinajstić information content (AvgIpc) is 3.31. The summed E-state index contributed by atoms with van der Waals surface area (Å²) >= 11 is 0. The SMILES string of the molecule is COc1c(F)cccc1Nc1c2[nH]c3c1C(=O)NCC3CCCOCCCCN(C)CCOc1cnccc1-2. The van der Waals surface area contributed by atoms with Gasteiger partial charge in [0, 0.05) is 49.7 Å². The molecule has 0 spiro atoms. The molecule has 2 aromatic heterocycles. The maximum absolute atomic E-state index is 14.6. The predicted octanol–water partition coefficient (Wildman–Crippen LogP) is 4.70. The summed E-state index contributed by atoms with van der Waals surface area (Å²) in [6, 6.07) is 6.53. The smallest absolute Gasteiger partial charge is 0.255 e. The van der Waals surface area contributed by atoms with Crippen molar-refractivity contribution in [2.45, 2.75) is 31.6 Å². The number of methoxy groups -OCH3 is 1. The number of nitrogens with zero attached hydrogens (tertiary/aromatic N) is 2. The van der Waals surface area contributed by atoms with E-state index in [4.69, 9.17) is 14.2 Å². The molecule has 39 heavy (non-hydrogen) atoms. The first-order chi connectivity index (χ1) is 19.1. The third kappa shape index (κ3) is 6.02. The molecule has 3 aromatic rings. The van der Waals surface area contributed by atoms with Crippen LogP contribution >= 0.6 is 0 Å². The molecule has 3 N–H and O–H groups in total. The number of likely N-dealkylation sites (N-methyl/N-ethyl adjacent to an activating group) is 1. The first kappa shape index (κ1) is 27.0. The molecule has 9 nitrogen and oxygen atoms in total. The molecule has 208 valence electrons. The molecular weight excluding hydrogens is 501 g/mol. The second kappa shape index (κ2) is 12.5. The molecule has 2 aliphatic heterocycles. The van der Waals surface area contributed by atoms with Gasteiger partial charge in [-0.1, -0.05) is 6.07 Å². The van der Waals surface area contributed by atoms with Crippen LogP contribution in [0.15, 0.2) is 36.7 Å². The highest BCUT2D eigenvalue weighted by Crippen LogP contribution is 2.44. The lowest BCUT2D eigenvalue weighted by Gasteiger charge is -2.24. The van der Waals surface area contributed by atoms with E-state index in [0.717, 1.165) is 56.6 Å². The zero-order chi connectivity index (χ0) is 27.2. The molecule has 0 saturated heterocycles. The van der Waals surface area contributed by atoms with Crippen molar-refractivity contribution in [3.8, 4) is 22.8 Å². The fraction of sp³-hybridized carbons (Fsp3) is 0.448. The Bertz CT molecular complexity index is 1300. The van der Waals surface area contributed by atoms with Crippen LogP contribution in [-0.2, 0) is 4.74 Å². The average molecular weight is 538 g/mol. The Morgan fingerprint density at radius 2 is 2.03 bits per heavy atom. The van der Waals surface area contributed by atoms with Crippen molar-refractivity contribution in [1.82, 2.24) is 20.2 Å². The first-order valence-electron chi connectivity index (χ1n) is 13.5. The molecule has 2 bridgehead atoms. The summed E-state index contributed by atoms with van der Waals surface area (Å²) in [5.41, 5.74) is 3.75. The van der Waals surface area contributed by atoms with Crippen LogP contribution in [0.1, 0.15) is 47.7 Å².